The first-order valence-corrected chi connectivity index (χ1v) is 23.5. The van der Waals surface area contributed by atoms with Crippen LogP contribution in [0.5, 0.6) is 0 Å². The van der Waals surface area contributed by atoms with Gasteiger partial charge in [0, 0.05) is 6.42 Å². The summed E-state index contributed by atoms with van der Waals surface area (Å²) in [5.41, 5.74) is 0. The molecule has 0 rings (SSSR count). The lowest BCUT2D eigenvalue weighted by Gasteiger charge is -2.29. The van der Waals surface area contributed by atoms with E-state index in [1.54, 1.807) is 6.08 Å². The van der Waals surface area contributed by atoms with E-state index in [9.17, 15) is 19.4 Å². The summed E-state index contributed by atoms with van der Waals surface area (Å²) in [6, 6.07) is -0.878. The Balaban J connectivity index is 4.31. The standard InChI is InChI=1S/C43H87N2O6P/c1-6-8-10-12-14-16-18-19-20-21-22-23-24-25-27-29-31-33-35-37-43(47)44-41(40-51-52(48,49)50-39-38-45(3,4)5)42(46)36-34-32-30-28-26-17-15-13-11-9-7-2/h34,36,41-42,46H,6-33,35,37-40H2,1-5H3,(H-,44,47,48,49)/b36-34+/t41-,42+/m0/s1. The van der Waals surface area contributed by atoms with Gasteiger partial charge < -0.3 is 28.8 Å². The fraction of sp³-hybridized carbons (Fsp3) is 0.930. The van der Waals surface area contributed by atoms with Crippen molar-refractivity contribution in [3.63, 3.8) is 0 Å². The number of phosphoric acid groups is 1. The topological polar surface area (TPSA) is 108 Å². The molecule has 0 heterocycles. The summed E-state index contributed by atoms with van der Waals surface area (Å²) in [6.07, 6.45) is 39.7. The van der Waals surface area contributed by atoms with Crippen molar-refractivity contribution in [3.05, 3.63) is 12.2 Å². The molecule has 9 heteroatoms. The molecule has 0 fully saturated rings. The predicted molar refractivity (Wildman–Crippen MR) is 219 cm³/mol. The highest BCUT2D eigenvalue weighted by Crippen LogP contribution is 2.38. The third-order valence-corrected chi connectivity index (χ3v) is 11.0. The van der Waals surface area contributed by atoms with E-state index in [2.05, 4.69) is 19.2 Å². The van der Waals surface area contributed by atoms with Crippen molar-refractivity contribution in [3.8, 4) is 0 Å². The molecule has 0 radical (unpaired) electrons. The van der Waals surface area contributed by atoms with Gasteiger partial charge in [-0.15, -0.1) is 0 Å². The van der Waals surface area contributed by atoms with E-state index in [1.165, 1.54) is 148 Å². The van der Waals surface area contributed by atoms with Crippen LogP contribution in [0.25, 0.3) is 0 Å². The van der Waals surface area contributed by atoms with E-state index < -0.39 is 20.0 Å². The summed E-state index contributed by atoms with van der Waals surface area (Å²) < 4.78 is 23.1. The summed E-state index contributed by atoms with van der Waals surface area (Å²) in [5.74, 6) is -0.196. The zero-order valence-electron chi connectivity index (χ0n) is 35.0. The molecule has 8 nitrogen and oxygen atoms in total. The molecular formula is C43H87N2O6P. The molecule has 1 unspecified atom stereocenters. The monoisotopic (exact) mass is 759 g/mol. The first-order chi connectivity index (χ1) is 25.0. The van der Waals surface area contributed by atoms with Gasteiger partial charge in [-0.3, -0.25) is 9.36 Å². The quantitative estimate of drug-likeness (QED) is 0.0279. The molecule has 0 saturated heterocycles. The normalized spacial score (nSPS) is 14.5. The second-order valence-electron chi connectivity index (χ2n) is 16.4. The number of quaternary nitrogens is 1. The summed E-state index contributed by atoms with van der Waals surface area (Å²) in [4.78, 5) is 25.2. The number of unbranched alkanes of at least 4 members (excludes halogenated alkanes) is 27. The van der Waals surface area contributed by atoms with Crippen LogP contribution in [0, 0.1) is 0 Å². The fourth-order valence-corrected chi connectivity index (χ4v) is 7.17. The molecule has 0 aliphatic carbocycles. The molecule has 0 aromatic carbocycles. The molecule has 0 aromatic heterocycles. The highest BCUT2D eigenvalue weighted by molar-refractivity contribution is 7.45. The van der Waals surface area contributed by atoms with E-state index in [-0.39, 0.29) is 19.1 Å². The van der Waals surface area contributed by atoms with Gasteiger partial charge in [-0.05, 0) is 19.3 Å². The van der Waals surface area contributed by atoms with E-state index in [1.807, 2.05) is 27.2 Å². The van der Waals surface area contributed by atoms with Gasteiger partial charge in [0.1, 0.15) is 13.2 Å². The lowest BCUT2D eigenvalue weighted by Crippen LogP contribution is -2.45. The minimum Gasteiger partial charge on any atom is -0.756 e. The van der Waals surface area contributed by atoms with E-state index in [4.69, 9.17) is 9.05 Å². The second-order valence-corrected chi connectivity index (χ2v) is 17.8. The Kier molecular flexibility index (Phi) is 35.4. The lowest BCUT2D eigenvalue weighted by molar-refractivity contribution is -0.870. The average Bonchev–Trinajstić information content (AvgIpc) is 3.09. The Morgan fingerprint density at radius 1 is 0.654 bits per heavy atom. The van der Waals surface area contributed by atoms with Crippen molar-refractivity contribution in [1.82, 2.24) is 5.32 Å². The number of hydrogen-bond donors (Lipinski definition) is 2. The van der Waals surface area contributed by atoms with Crippen molar-refractivity contribution >= 4 is 13.7 Å². The van der Waals surface area contributed by atoms with Crippen LogP contribution in [0.1, 0.15) is 206 Å². The molecule has 0 spiro atoms. The van der Waals surface area contributed by atoms with Crippen molar-refractivity contribution in [1.29, 1.82) is 0 Å². The number of nitrogens with one attached hydrogen (secondary N) is 1. The van der Waals surface area contributed by atoms with Gasteiger partial charge >= 0.3 is 0 Å². The Labute approximate surface area is 322 Å². The Bertz CT molecular complexity index is 865. The SMILES string of the molecule is CCCCCCCCCCC/C=C/[C@@H](O)[C@H](COP(=O)([O-])OCC[N+](C)(C)C)NC(=O)CCCCCCCCCCCCCCCCCCCCC. The van der Waals surface area contributed by atoms with Crippen LogP contribution in [0.3, 0.4) is 0 Å². The number of carbonyl (C=O) groups is 1. The largest absolute Gasteiger partial charge is 0.756 e. The van der Waals surface area contributed by atoms with Gasteiger partial charge in [0.25, 0.3) is 7.82 Å². The maximum Gasteiger partial charge on any atom is 0.268 e. The molecule has 0 aliphatic rings. The first-order valence-electron chi connectivity index (χ1n) is 22.1. The minimum absolute atomic E-state index is 0.00189. The molecule has 0 bridgehead atoms. The summed E-state index contributed by atoms with van der Waals surface area (Å²) in [6.45, 7) is 4.64. The van der Waals surface area contributed by atoms with Gasteiger partial charge in [-0.25, -0.2) is 0 Å². The smallest absolute Gasteiger partial charge is 0.268 e. The third kappa shape index (κ3) is 37.6. The van der Waals surface area contributed by atoms with Crippen molar-refractivity contribution in [2.24, 2.45) is 0 Å². The molecule has 3 atom stereocenters. The summed E-state index contributed by atoms with van der Waals surface area (Å²) in [5, 5.41) is 13.7. The lowest BCUT2D eigenvalue weighted by atomic mass is 10.0. The number of aliphatic hydroxyl groups is 1. The molecule has 310 valence electrons. The van der Waals surface area contributed by atoms with Gasteiger partial charge in [0.2, 0.25) is 5.91 Å². The summed E-state index contributed by atoms with van der Waals surface area (Å²) >= 11 is 0. The average molecular weight is 759 g/mol. The van der Waals surface area contributed by atoms with Crippen LogP contribution in [0.2, 0.25) is 0 Å². The molecule has 1 amide bonds. The van der Waals surface area contributed by atoms with Crippen LogP contribution in [-0.2, 0) is 18.4 Å². The Morgan fingerprint density at radius 3 is 1.44 bits per heavy atom. The van der Waals surface area contributed by atoms with Crippen molar-refractivity contribution in [2.75, 3.05) is 40.9 Å². The molecular weight excluding hydrogens is 671 g/mol. The van der Waals surface area contributed by atoms with Gasteiger partial charge in [-0.1, -0.05) is 193 Å². The van der Waals surface area contributed by atoms with E-state index in [0.29, 0.717) is 17.4 Å². The van der Waals surface area contributed by atoms with E-state index in [0.717, 1.165) is 38.5 Å². The first kappa shape index (κ1) is 51.2. The number of likely N-dealkylation sites (N-methyl/N-ethyl adjacent to an activating group) is 1. The molecule has 2 N–H and O–H groups in total. The molecule has 0 aromatic rings. The Hall–Kier alpha value is -0.760. The number of allylic oxidation sites excluding steroid dienone is 1. The number of aliphatic hydroxyl groups excluding tert-OH is 1. The number of nitrogens with zero attached hydrogens (tertiary/aromatic N) is 1. The zero-order valence-corrected chi connectivity index (χ0v) is 35.9. The second kappa shape index (κ2) is 35.9. The maximum absolute atomic E-state index is 12.8. The van der Waals surface area contributed by atoms with Gasteiger partial charge in [0.05, 0.1) is 39.9 Å². The molecule has 52 heavy (non-hydrogen) atoms. The van der Waals surface area contributed by atoms with Gasteiger partial charge in [0.15, 0.2) is 0 Å². The third-order valence-electron chi connectivity index (χ3n) is 10.00. The van der Waals surface area contributed by atoms with Crippen LogP contribution in [0.15, 0.2) is 12.2 Å². The number of carbonyl (C=O) groups excluding carboxylic acids is 1. The van der Waals surface area contributed by atoms with Crippen LogP contribution < -0.4 is 10.2 Å². The maximum atomic E-state index is 12.8. The van der Waals surface area contributed by atoms with Gasteiger partial charge in [-0.2, -0.15) is 0 Å². The van der Waals surface area contributed by atoms with Crippen LogP contribution >= 0.6 is 7.82 Å². The predicted octanol–water partition coefficient (Wildman–Crippen LogP) is 11.3. The van der Waals surface area contributed by atoms with E-state index >= 15 is 0 Å². The Morgan fingerprint density at radius 2 is 1.04 bits per heavy atom. The fourth-order valence-electron chi connectivity index (χ4n) is 6.45. The molecule has 0 aliphatic heterocycles. The number of hydrogen-bond acceptors (Lipinski definition) is 6. The zero-order chi connectivity index (χ0) is 38.6. The number of phosphoric ester groups is 1. The molecule has 0 saturated carbocycles. The number of amides is 1. The van der Waals surface area contributed by atoms with Crippen LogP contribution in [-0.4, -0.2) is 68.5 Å². The van der Waals surface area contributed by atoms with Crippen LogP contribution in [0.4, 0.5) is 0 Å². The summed E-state index contributed by atoms with van der Waals surface area (Å²) in [7, 11) is 1.27. The van der Waals surface area contributed by atoms with Crippen molar-refractivity contribution < 1.29 is 32.9 Å². The highest BCUT2D eigenvalue weighted by atomic mass is 31.2. The number of rotatable bonds is 40. The minimum atomic E-state index is -4.58. The highest BCUT2D eigenvalue weighted by Gasteiger charge is 2.23. The van der Waals surface area contributed by atoms with Crippen molar-refractivity contribution in [2.45, 2.75) is 219 Å².